The second-order valence-electron chi connectivity index (χ2n) is 12.0. The Labute approximate surface area is 167 Å². The van der Waals surface area contributed by atoms with Gasteiger partial charge in [-0.25, -0.2) is 14.3 Å². The Morgan fingerprint density at radius 1 is 0.786 bits per heavy atom. The number of hydrogen-bond acceptors (Lipinski definition) is 2. The topological polar surface area (TPSA) is 55.1 Å². The molecule has 0 radical (unpaired) electrons. The van der Waals surface area contributed by atoms with Crippen LogP contribution < -0.4 is 0 Å². The minimum absolute atomic E-state index is 0.0493. The van der Waals surface area contributed by atoms with Gasteiger partial charge in [0, 0.05) is 17.0 Å². The Hall–Kier alpha value is -1.32. The van der Waals surface area contributed by atoms with Crippen LogP contribution in [-0.2, 0) is 10.8 Å². The molecule has 4 heteroatoms. The standard InChI is InChI=1S/C24H32N2O2/c27-22(28)26-13-20(23-7-14-1-15(8-23)3-16(2-14)9-23)25-21(26)24-10-17-4-18(11-24)6-19(5-17)12-24/h13-19H,1-12H2,(H,27,28). The molecule has 1 aromatic rings. The molecule has 0 unspecified atom stereocenters. The van der Waals surface area contributed by atoms with Gasteiger partial charge in [-0.1, -0.05) is 0 Å². The summed E-state index contributed by atoms with van der Waals surface area (Å²) in [5.74, 6) is 5.97. The van der Waals surface area contributed by atoms with Crippen molar-refractivity contribution in [3.63, 3.8) is 0 Å². The summed E-state index contributed by atoms with van der Waals surface area (Å²) < 4.78 is 1.58. The molecule has 28 heavy (non-hydrogen) atoms. The second kappa shape index (κ2) is 5.23. The van der Waals surface area contributed by atoms with Gasteiger partial charge in [-0.2, -0.15) is 0 Å². The van der Waals surface area contributed by atoms with Crippen LogP contribution in [0.1, 0.15) is 88.6 Å². The molecule has 9 rings (SSSR count). The van der Waals surface area contributed by atoms with Crippen LogP contribution in [0.2, 0.25) is 0 Å². The van der Waals surface area contributed by atoms with Crippen molar-refractivity contribution in [3.8, 4) is 0 Å². The molecule has 0 atom stereocenters. The van der Waals surface area contributed by atoms with Crippen LogP contribution in [0.4, 0.5) is 4.79 Å². The van der Waals surface area contributed by atoms with Gasteiger partial charge in [0.15, 0.2) is 0 Å². The number of aromatic nitrogens is 2. The Balaban J connectivity index is 1.33. The molecule has 0 saturated heterocycles. The zero-order chi connectivity index (χ0) is 18.7. The van der Waals surface area contributed by atoms with Crippen LogP contribution in [0.15, 0.2) is 6.20 Å². The van der Waals surface area contributed by atoms with Gasteiger partial charge in [0.05, 0.1) is 5.69 Å². The highest BCUT2D eigenvalue weighted by molar-refractivity contribution is 5.69. The predicted molar refractivity (Wildman–Crippen MR) is 105 cm³/mol. The Kier molecular flexibility index (Phi) is 3.08. The highest BCUT2D eigenvalue weighted by Crippen LogP contribution is 2.63. The van der Waals surface area contributed by atoms with Gasteiger partial charge in [0.2, 0.25) is 0 Å². The van der Waals surface area contributed by atoms with E-state index in [4.69, 9.17) is 4.98 Å². The van der Waals surface area contributed by atoms with Gasteiger partial charge in [-0.15, -0.1) is 0 Å². The molecule has 1 N–H and O–H groups in total. The molecular formula is C24H32N2O2. The van der Waals surface area contributed by atoms with Crippen LogP contribution in [-0.4, -0.2) is 20.8 Å². The molecule has 150 valence electrons. The van der Waals surface area contributed by atoms with E-state index >= 15 is 0 Å². The molecule has 8 saturated carbocycles. The van der Waals surface area contributed by atoms with Gasteiger partial charge < -0.3 is 5.11 Å². The first-order chi connectivity index (χ1) is 13.5. The SMILES string of the molecule is O=C(O)n1cc(C23CC4CC(CC(C4)C2)C3)nc1C12CC3CC(CC(C3)C1)C2. The third-order valence-corrected chi connectivity index (χ3v) is 10.0. The van der Waals surface area contributed by atoms with E-state index in [1.54, 1.807) is 4.57 Å². The Morgan fingerprint density at radius 3 is 1.57 bits per heavy atom. The van der Waals surface area contributed by atoms with Crippen molar-refractivity contribution in [3.05, 3.63) is 17.7 Å². The van der Waals surface area contributed by atoms with Gasteiger partial charge in [0.1, 0.15) is 5.82 Å². The monoisotopic (exact) mass is 380 g/mol. The normalized spacial score (nSPS) is 50.4. The van der Waals surface area contributed by atoms with Crippen LogP contribution in [0, 0.1) is 35.5 Å². The van der Waals surface area contributed by atoms with E-state index in [-0.39, 0.29) is 10.8 Å². The molecule has 4 nitrogen and oxygen atoms in total. The molecule has 8 bridgehead atoms. The van der Waals surface area contributed by atoms with Crippen molar-refractivity contribution in [1.82, 2.24) is 9.55 Å². The van der Waals surface area contributed by atoms with E-state index < -0.39 is 6.09 Å². The quantitative estimate of drug-likeness (QED) is 0.753. The smallest absolute Gasteiger partial charge is 0.417 e. The molecule has 8 aliphatic rings. The first kappa shape index (κ1) is 16.5. The Bertz CT molecular complexity index is 782. The summed E-state index contributed by atoms with van der Waals surface area (Å²) in [7, 11) is 0. The maximum absolute atomic E-state index is 12.3. The zero-order valence-corrected chi connectivity index (χ0v) is 16.8. The number of hydrogen-bond donors (Lipinski definition) is 1. The molecule has 1 heterocycles. The molecule has 0 spiro atoms. The maximum Gasteiger partial charge on any atom is 0.417 e. The lowest BCUT2D eigenvalue weighted by molar-refractivity contribution is -0.0127. The number of nitrogens with zero attached hydrogens (tertiary/aromatic N) is 2. The van der Waals surface area contributed by atoms with E-state index in [9.17, 15) is 9.90 Å². The van der Waals surface area contributed by atoms with Crippen molar-refractivity contribution >= 4 is 6.09 Å². The summed E-state index contributed by atoms with van der Waals surface area (Å²) in [6.45, 7) is 0. The fourth-order valence-electron chi connectivity index (χ4n) is 9.96. The molecular weight excluding hydrogens is 348 g/mol. The molecule has 8 fully saturated rings. The van der Waals surface area contributed by atoms with Crippen molar-refractivity contribution in [2.75, 3.05) is 0 Å². The van der Waals surface area contributed by atoms with E-state index in [0.29, 0.717) is 0 Å². The van der Waals surface area contributed by atoms with Crippen molar-refractivity contribution in [2.45, 2.75) is 87.9 Å². The lowest BCUT2D eigenvalue weighted by atomic mass is 9.48. The van der Waals surface area contributed by atoms with Crippen molar-refractivity contribution in [2.24, 2.45) is 35.5 Å². The van der Waals surface area contributed by atoms with E-state index in [0.717, 1.165) is 47.0 Å². The van der Waals surface area contributed by atoms with Gasteiger partial charge in [0.25, 0.3) is 0 Å². The molecule has 8 aliphatic carbocycles. The van der Waals surface area contributed by atoms with Crippen LogP contribution >= 0.6 is 0 Å². The Morgan fingerprint density at radius 2 is 1.18 bits per heavy atom. The van der Waals surface area contributed by atoms with Gasteiger partial charge >= 0.3 is 6.09 Å². The van der Waals surface area contributed by atoms with Crippen molar-refractivity contribution < 1.29 is 9.90 Å². The number of carbonyl (C=O) groups is 1. The summed E-state index contributed by atoms with van der Waals surface area (Å²) in [4.78, 5) is 17.6. The number of imidazole rings is 1. The second-order valence-corrected chi connectivity index (χ2v) is 12.0. The molecule has 1 aromatic heterocycles. The van der Waals surface area contributed by atoms with Gasteiger partial charge in [-0.3, -0.25) is 0 Å². The van der Waals surface area contributed by atoms with Crippen molar-refractivity contribution in [1.29, 1.82) is 0 Å². The average molecular weight is 381 g/mol. The summed E-state index contributed by atoms with van der Waals surface area (Å²) in [6, 6.07) is 0. The molecule has 0 amide bonds. The third-order valence-electron chi connectivity index (χ3n) is 10.0. The summed E-state index contributed by atoms with van der Waals surface area (Å²) >= 11 is 0. The van der Waals surface area contributed by atoms with Crippen LogP contribution in [0.5, 0.6) is 0 Å². The summed E-state index contributed by atoms with van der Waals surface area (Å²) in [5.41, 5.74) is 1.39. The number of rotatable bonds is 2. The third kappa shape index (κ3) is 2.13. The summed E-state index contributed by atoms with van der Waals surface area (Å²) in [5, 5.41) is 10.1. The lowest BCUT2D eigenvalue weighted by Gasteiger charge is -2.56. The largest absolute Gasteiger partial charge is 0.464 e. The highest BCUT2D eigenvalue weighted by Gasteiger charge is 2.56. The minimum atomic E-state index is -0.811. The fraction of sp³-hybridized carbons (Fsp3) is 0.833. The highest BCUT2D eigenvalue weighted by atomic mass is 16.4. The van der Waals surface area contributed by atoms with Gasteiger partial charge in [-0.05, 0) is 113 Å². The number of carboxylic acid groups (broad SMARTS) is 1. The van der Waals surface area contributed by atoms with E-state index in [1.165, 1.54) is 77.0 Å². The van der Waals surface area contributed by atoms with E-state index in [1.807, 2.05) is 6.20 Å². The van der Waals surface area contributed by atoms with E-state index in [2.05, 4.69) is 0 Å². The molecule has 0 aromatic carbocycles. The minimum Gasteiger partial charge on any atom is -0.464 e. The first-order valence-corrected chi connectivity index (χ1v) is 11.8. The van der Waals surface area contributed by atoms with Crippen LogP contribution in [0.25, 0.3) is 0 Å². The average Bonchev–Trinajstić information content (AvgIpc) is 3.07. The van der Waals surface area contributed by atoms with Crippen LogP contribution in [0.3, 0.4) is 0 Å². The summed E-state index contributed by atoms with van der Waals surface area (Å²) in [6.07, 6.45) is 16.9. The lowest BCUT2D eigenvalue weighted by Crippen LogP contribution is -2.50. The maximum atomic E-state index is 12.3. The predicted octanol–water partition coefficient (Wildman–Crippen LogP) is 5.34. The first-order valence-electron chi connectivity index (χ1n) is 11.8. The zero-order valence-electron chi connectivity index (χ0n) is 16.8. The fourth-order valence-corrected chi connectivity index (χ4v) is 9.96. The molecule has 0 aliphatic heterocycles.